The lowest BCUT2D eigenvalue weighted by Crippen LogP contribution is -2.31. The van der Waals surface area contributed by atoms with E-state index >= 15 is 0 Å². The van der Waals surface area contributed by atoms with Crippen LogP contribution in [-0.4, -0.2) is 35.3 Å². The van der Waals surface area contributed by atoms with Crippen molar-refractivity contribution in [1.82, 2.24) is 9.88 Å². The van der Waals surface area contributed by atoms with Crippen LogP contribution < -0.4 is 0 Å². The molecular formula is C11H18N2S2. The molecule has 0 aliphatic carbocycles. The van der Waals surface area contributed by atoms with E-state index in [0.29, 0.717) is 0 Å². The Labute approximate surface area is 100 Å². The highest BCUT2D eigenvalue weighted by molar-refractivity contribution is 8.01. The third-order valence-corrected chi connectivity index (χ3v) is 4.79. The number of likely N-dealkylation sites (tertiary alicyclic amines) is 1. The van der Waals surface area contributed by atoms with Crippen LogP contribution in [0.2, 0.25) is 0 Å². The van der Waals surface area contributed by atoms with E-state index in [9.17, 15) is 0 Å². The SMILES string of the molecule is Cc1ncc(SCCN2CCCCC2)s1. The molecule has 0 saturated carbocycles. The Morgan fingerprint density at radius 3 is 2.87 bits per heavy atom. The maximum atomic E-state index is 4.27. The molecule has 1 aromatic rings. The van der Waals surface area contributed by atoms with Gasteiger partial charge in [0.15, 0.2) is 0 Å². The first-order chi connectivity index (χ1) is 7.34. The Morgan fingerprint density at radius 1 is 1.40 bits per heavy atom. The zero-order chi connectivity index (χ0) is 10.5. The van der Waals surface area contributed by atoms with Crippen LogP contribution in [0.25, 0.3) is 0 Å². The van der Waals surface area contributed by atoms with Crippen molar-refractivity contribution in [3.8, 4) is 0 Å². The minimum Gasteiger partial charge on any atom is -0.303 e. The summed E-state index contributed by atoms with van der Waals surface area (Å²) in [4.78, 5) is 6.85. The minimum absolute atomic E-state index is 1.18. The van der Waals surface area contributed by atoms with Crippen molar-refractivity contribution in [2.75, 3.05) is 25.4 Å². The Balaban J connectivity index is 1.65. The number of aryl methyl sites for hydroxylation is 1. The topological polar surface area (TPSA) is 16.1 Å². The van der Waals surface area contributed by atoms with Gasteiger partial charge in [0, 0.05) is 12.3 Å². The molecule has 2 heterocycles. The standard InChI is InChI=1S/C11H18N2S2/c1-10-12-9-11(15-10)14-8-7-13-5-3-2-4-6-13/h9H,2-8H2,1H3. The van der Waals surface area contributed by atoms with Crippen molar-refractivity contribution in [1.29, 1.82) is 0 Å². The number of rotatable bonds is 4. The molecule has 84 valence electrons. The molecule has 0 atom stereocenters. The average molecular weight is 242 g/mol. The molecular weight excluding hydrogens is 224 g/mol. The summed E-state index contributed by atoms with van der Waals surface area (Å²) in [6.45, 7) is 5.92. The van der Waals surface area contributed by atoms with Gasteiger partial charge in [-0.2, -0.15) is 0 Å². The predicted octanol–water partition coefficient (Wildman–Crippen LogP) is 3.03. The van der Waals surface area contributed by atoms with Gasteiger partial charge in [0.25, 0.3) is 0 Å². The number of nitrogens with zero attached hydrogens (tertiary/aromatic N) is 2. The van der Waals surface area contributed by atoms with Crippen LogP contribution in [0.5, 0.6) is 0 Å². The summed E-state index contributed by atoms with van der Waals surface area (Å²) < 4.78 is 1.37. The van der Waals surface area contributed by atoms with E-state index in [1.54, 1.807) is 0 Å². The van der Waals surface area contributed by atoms with Crippen LogP contribution >= 0.6 is 23.1 Å². The summed E-state index contributed by atoms with van der Waals surface area (Å²) >= 11 is 3.76. The normalized spacial score (nSPS) is 18.2. The molecule has 2 nitrogen and oxygen atoms in total. The summed E-state index contributed by atoms with van der Waals surface area (Å²) in [6.07, 6.45) is 6.22. The largest absolute Gasteiger partial charge is 0.303 e. The van der Waals surface area contributed by atoms with Crippen LogP contribution in [0.4, 0.5) is 0 Å². The third-order valence-electron chi connectivity index (χ3n) is 2.70. The van der Waals surface area contributed by atoms with Crippen molar-refractivity contribution in [2.45, 2.75) is 30.4 Å². The average Bonchev–Trinajstić information content (AvgIpc) is 2.66. The quantitative estimate of drug-likeness (QED) is 0.755. The molecule has 2 rings (SSSR count). The fourth-order valence-corrected chi connectivity index (χ4v) is 3.89. The van der Waals surface area contributed by atoms with Crippen LogP contribution in [0.3, 0.4) is 0 Å². The van der Waals surface area contributed by atoms with E-state index in [4.69, 9.17) is 0 Å². The summed E-state index contributed by atoms with van der Waals surface area (Å²) in [6, 6.07) is 0. The van der Waals surface area contributed by atoms with Gasteiger partial charge < -0.3 is 4.90 Å². The molecule has 4 heteroatoms. The van der Waals surface area contributed by atoms with Gasteiger partial charge in [-0.3, -0.25) is 0 Å². The van der Waals surface area contributed by atoms with Crippen molar-refractivity contribution in [2.24, 2.45) is 0 Å². The first-order valence-corrected chi connectivity index (χ1v) is 7.42. The number of hydrogen-bond acceptors (Lipinski definition) is 4. The molecule has 0 amide bonds. The molecule has 15 heavy (non-hydrogen) atoms. The molecule has 0 unspecified atom stereocenters. The van der Waals surface area contributed by atoms with Crippen LogP contribution in [0.15, 0.2) is 10.4 Å². The first kappa shape index (κ1) is 11.4. The zero-order valence-electron chi connectivity index (χ0n) is 9.24. The van der Waals surface area contributed by atoms with Gasteiger partial charge in [-0.1, -0.05) is 6.42 Å². The molecule has 1 saturated heterocycles. The van der Waals surface area contributed by atoms with E-state index < -0.39 is 0 Å². The highest BCUT2D eigenvalue weighted by atomic mass is 32.2. The highest BCUT2D eigenvalue weighted by Crippen LogP contribution is 2.24. The number of piperidine rings is 1. The summed E-state index contributed by atoms with van der Waals surface area (Å²) in [7, 11) is 0. The molecule has 0 radical (unpaired) electrons. The third kappa shape index (κ3) is 3.78. The predicted molar refractivity (Wildman–Crippen MR) is 67.9 cm³/mol. The number of hydrogen-bond donors (Lipinski definition) is 0. The Bertz CT molecular complexity index is 293. The lowest BCUT2D eigenvalue weighted by Gasteiger charge is -2.25. The van der Waals surface area contributed by atoms with Crippen molar-refractivity contribution < 1.29 is 0 Å². The van der Waals surface area contributed by atoms with Gasteiger partial charge in [0.2, 0.25) is 0 Å². The second-order valence-electron chi connectivity index (χ2n) is 3.95. The lowest BCUT2D eigenvalue weighted by molar-refractivity contribution is 0.242. The first-order valence-electron chi connectivity index (χ1n) is 5.62. The van der Waals surface area contributed by atoms with Crippen LogP contribution in [0.1, 0.15) is 24.3 Å². The highest BCUT2D eigenvalue weighted by Gasteiger charge is 2.09. The van der Waals surface area contributed by atoms with Crippen LogP contribution in [-0.2, 0) is 0 Å². The van der Waals surface area contributed by atoms with Gasteiger partial charge in [0.1, 0.15) is 0 Å². The van der Waals surface area contributed by atoms with Crippen molar-refractivity contribution >= 4 is 23.1 Å². The number of thioether (sulfide) groups is 1. The molecule has 0 spiro atoms. The monoisotopic (exact) mass is 242 g/mol. The van der Waals surface area contributed by atoms with E-state index in [1.165, 1.54) is 53.9 Å². The van der Waals surface area contributed by atoms with Gasteiger partial charge in [-0.15, -0.1) is 23.1 Å². The maximum absolute atomic E-state index is 4.27. The van der Waals surface area contributed by atoms with E-state index in [-0.39, 0.29) is 0 Å². The van der Waals surface area contributed by atoms with Gasteiger partial charge in [-0.25, -0.2) is 4.98 Å². The van der Waals surface area contributed by atoms with Crippen molar-refractivity contribution in [3.05, 3.63) is 11.2 Å². The minimum atomic E-state index is 1.18. The van der Waals surface area contributed by atoms with Gasteiger partial charge in [0.05, 0.1) is 15.4 Å². The molecule has 0 aromatic carbocycles. The molecule has 1 aromatic heterocycles. The Hall–Kier alpha value is -0.0600. The Kier molecular flexibility index (Phi) is 4.47. The molecule has 0 bridgehead atoms. The number of thiazole rings is 1. The smallest absolute Gasteiger partial charge is 0.0905 e. The number of aromatic nitrogens is 1. The summed E-state index contributed by atoms with van der Waals surface area (Å²) in [5.41, 5.74) is 0. The van der Waals surface area contributed by atoms with E-state index in [2.05, 4.69) is 16.8 Å². The second kappa shape index (κ2) is 5.87. The summed E-state index contributed by atoms with van der Waals surface area (Å²) in [5.74, 6) is 1.21. The molecule has 0 N–H and O–H groups in total. The van der Waals surface area contributed by atoms with Crippen LogP contribution in [0, 0.1) is 6.92 Å². The molecule has 1 aliphatic heterocycles. The fraction of sp³-hybridized carbons (Fsp3) is 0.727. The lowest BCUT2D eigenvalue weighted by atomic mass is 10.1. The maximum Gasteiger partial charge on any atom is 0.0905 e. The van der Waals surface area contributed by atoms with E-state index in [0.717, 1.165) is 0 Å². The van der Waals surface area contributed by atoms with Crippen molar-refractivity contribution in [3.63, 3.8) is 0 Å². The molecule has 1 fully saturated rings. The summed E-state index contributed by atoms with van der Waals surface area (Å²) in [5, 5.41) is 1.18. The fourth-order valence-electron chi connectivity index (χ4n) is 1.87. The van der Waals surface area contributed by atoms with Gasteiger partial charge >= 0.3 is 0 Å². The second-order valence-corrected chi connectivity index (χ2v) is 6.58. The van der Waals surface area contributed by atoms with Gasteiger partial charge in [-0.05, 0) is 32.9 Å². The Morgan fingerprint density at radius 2 is 2.20 bits per heavy atom. The zero-order valence-corrected chi connectivity index (χ0v) is 10.9. The van der Waals surface area contributed by atoms with E-state index in [1.807, 2.05) is 29.3 Å². The molecule has 1 aliphatic rings.